The first-order chi connectivity index (χ1) is 14.1. The molecule has 0 radical (unpaired) electrons. The molecular weight excluding hydrogens is 402 g/mol. The molecule has 0 spiro atoms. The van der Waals surface area contributed by atoms with Gasteiger partial charge in [0.2, 0.25) is 5.91 Å². The number of hydrogen-bond donors (Lipinski definition) is 1. The van der Waals surface area contributed by atoms with Gasteiger partial charge in [0.25, 0.3) is 0 Å². The molecule has 144 valence electrons. The second-order valence-electron chi connectivity index (χ2n) is 7.13. The maximum absolute atomic E-state index is 12.9. The minimum absolute atomic E-state index is 0.0685. The van der Waals surface area contributed by atoms with Crippen molar-refractivity contribution in [3.8, 4) is 11.1 Å². The van der Waals surface area contributed by atoms with Crippen LogP contribution in [0.3, 0.4) is 0 Å². The van der Waals surface area contributed by atoms with Crippen LogP contribution in [0.15, 0.2) is 60.1 Å². The summed E-state index contributed by atoms with van der Waals surface area (Å²) in [6, 6.07) is 15.8. The third-order valence-electron chi connectivity index (χ3n) is 5.40. The second kappa shape index (κ2) is 7.17. The molecule has 0 atom stereocenters. The zero-order chi connectivity index (χ0) is 20.0. The van der Waals surface area contributed by atoms with E-state index < -0.39 is 0 Å². The lowest BCUT2D eigenvalue weighted by molar-refractivity contribution is -0.117. The Hall–Kier alpha value is -2.89. The van der Waals surface area contributed by atoms with Gasteiger partial charge >= 0.3 is 0 Å². The number of rotatable bonds is 3. The number of nitrogens with zero attached hydrogens (tertiary/aromatic N) is 2. The van der Waals surface area contributed by atoms with Gasteiger partial charge in [-0.15, -0.1) is 11.3 Å². The molecule has 2 N–H and O–H groups in total. The number of aromatic nitrogens is 1. The van der Waals surface area contributed by atoms with Gasteiger partial charge in [0, 0.05) is 39.1 Å². The van der Waals surface area contributed by atoms with Crippen molar-refractivity contribution >= 4 is 50.4 Å². The number of pyridine rings is 1. The molecule has 0 saturated heterocycles. The lowest BCUT2D eigenvalue weighted by Crippen LogP contribution is -2.30. The van der Waals surface area contributed by atoms with Crippen molar-refractivity contribution in [2.45, 2.75) is 12.8 Å². The van der Waals surface area contributed by atoms with E-state index in [1.165, 1.54) is 5.56 Å². The Kier molecular flexibility index (Phi) is 4.49. The summed E-state index contributed by atoms with van der Waals surface area (Å²) >= 11 is 7.90. The molecule has 1 aliphatic rings. The fourth-order valence-corrected chi connectivity index (χ4v) is 5.12. The number of fused-ring (bicyclic) bond motifs is 2. The number of nitrogen functional groups attached to an aromatic ring is 1. The van der Waals surface area contributed by atoms with E-state index in [9.17, 15) is 4.79 Å². The molecule has 1 amide bonds. The van der Waals surface area contributed by atoms with Crippen LogP contribution in [0, 0.1) is 0 Å². The molecule has 2 aromatic heterocycles. The summed E-state index contributed by atoms with van der Waals surface area (Å²) in [7, 11) is 0. The average Bonchev–Trinajstić information content (AvgIpc) is 3.34. The Labute approximate surface area is 177 Å². The van der Waals surface area contributed by atoms with Crippen LogP contribution in [-0.2, 0) is 17.6 Å². The SMILES string of the molecule is Nc1nccc2scc(-c3ccc4c(c3)CCN4C(=O)Cc3ccccc3Cl)c12. The van der Waals surface area contributed by atoms with Crippen LogP contribution in [-0.4, -0.2) is 17.4 Å². The first-order valence-corrected chi connectivity index (χ1v) is 10.7. The predicted octanol–water partition coefficient (Wildman–Crippen LogP) is 5.33. The highest BCUT2D eigenvalue weighted by Gasteiger charge is 2.25. The number of anilines is 2. The quantitative estimate of drug-likeness (QED) is 0.488. The molecule has 0 fully saturated rings. The molecule has 6 heteroatoms. The van der Waals surface area contributed by atoms with Gasteiger partial charge in [0.05, 0.1) is 6.42 Å². The number of thiophene rings is 1. The molecule has 0 bridgehead atoms. The van der Waals surface area contributed by atoms with Crippen molar-refractivity contribution < 1.29 is 4.79 Å². The Bertz CT molecular complexity index is 1250. The van der Waals surface area contributed by atoms with Crippen molar-refractivity contribution in [1.82, 2.24) is 4.98 Å². The summed E-state index contributed by atoms with van der Waals surface area (Å²) in [4.78, 5) is 19.0. The van der Waals surface area contributed by atoms with Crippen LogP contribution in [0.4, 0.5) is 11.5 Å². The topological polar surface area (TPSA) is 59.2 Å². The number of nitrogens with two attached hydrogens (primary N) is 1. The van der Waals surface area contributed by atoms with Crippen LogP contribution in [0.25, 0.3) is 21.2 Å². The predicted molar refractivity (Wildman–Crippen MR) is 121 cm³/mol. The highest BCUT2D eigenvalue weighted by atomic mass is 35.5. The van der Waals surface area contributed by atoms with Gasteiger partial charge in [0.1, 0.15) is 5.82 Å². The number of carbonyl (C=O) groups excluding carboxylic acids is 1. The van der Waals surface area contributed by atoms with E-state index in [0.717, 1.165) is 38.9 Å². The van der Waals surface area contributed by atoms with E-state index in [4.69, 9.17) is 17.3 Å². The second-order valence-corrected chi connectivity index (χ2v) is 8.44. The van der Waals surface area contributed by atoms with Gasteiger partial charge in [-0.2, -0.15) is 0 Å². The van der Waals surface area contributed by atoms with E-state index in [1.54, 1.807) is 17.5 Å². The summed E-state index contributed by atoms with van der Waals surface area (Å²) in [6.45, 7) is 0.691. The molecule has 3 heterocycles. The van der Waals surface area contributed by atoms with Crippen molar-refractivity contribution in [3.63, 3.8) is 0 Å². The Balaban J connectivity index is 1.46. The van der Waals surface area contributed by atoms with E-state index >= 15 is 0 Å². The Morgan fingerprint density at radius 3 is 2.93 bits per heavy atom. The number of halogens is 1. The van der Waals surface area contributed by atoms with Crippen LogP contribution >= 0.6 is 22.9 Å². The van der Waals surface area contributed by atoms with Gasteiger partial charge in [-0.3, -0.25) is 4.79 Å². The standard InChI is InChI=1S/C23H18ClN3OS/c24-18-4-2-1-3-15(18)12-21(28)27-10-8-16-11-14(5-6-19(16)27)17-13-29-20-7-9-26-23(25)22(17)20/h1-7,9,11,13H,8,10,12H2,(H2,25,26). The normalized spacial score (nSPS) is 13.1. The number of amides is 1. The summed E-state index contributed by atoms with van der Waals surface area (Å²) in [6.07, 6.45) is 2.88. The van der Waals surface area contributed by atoms with Crippen LogP contribution in [0.1, 0.15) is 11.1 Å². The van der Waals surface area contributed by atoms with Gasteiger partial charge in [-0.25, -0.2) is 4.98 Å². The number of carbonyl (C=O) groups is 1. The molecule has 1 aliphatic heterocycles. The molecule has 0 saturated carbocycles. The summed E-state index contributed by atoms with van der Waals surface area (Å²) < 4.78 is 1.13. The molecule has 5 rings (SSSR count). The van der Waals surface area contributed by atoms with Crippen LogP contribution in [0.2, 0.25) is 5.02 Å². The van der Waals surface area contributed by atoms with Crippen molar-refractivity contribution in [2.75, 3.05) is 17.2 Å². The summed E-state index contributed by atoms with van der Waals surface area (Å²) in [5, 5.41) is 3.76. The highest BCUT2D eigenvalue weighted by Crippen LogP contribution is 2.39. The van der Waals surface area contributed by atoms with E-state index in [1.807, 2.05) is 41.3 Å². The summed E-state index contributed by atoms with van der Waals surface area (Å²) in [5.74, 6) is 0.620. The van der Waals surface area contributed by atoms with E-state index in [-0.39, 0.29) is 5.91 Å². The number of benzene rings is 2. The minimum Gasteiger partial charge on any atom is -0.383 e. The fourth-order valence-electron chi connectivity index (χ4n) is 3.95. The zero-order valence-electron chi connectivity index (χ0n) is 15.6. The largest absolute Gasteiger partial charge is 0.383 e. The first-order valence-electron chi connectivity index (χ1n) is 9.40. The van der Waals surface area contributed by atoms with Gasteiger partial charge in [0.15, 0.2) is 0 Å². The molecule has 29 heavy (non-hydrogen) atoms. The maximum Gasteiger partial charge on any atom is 0.231 e. The van der Waals surface area contributed by atoms with Gasteiger partial charge < -0.3 is 10.6 Å². The first kappa shape index (κ1) is 18.2. The lowest BCUT2D eigenvalue weighted by Gasteiger charge is -2.18. The fraction of sp³-hybridized carbons (Fsp3) is 0.130. The van der Waals surface area contributed by atoms with Crippen molar-refractivity contribution in [2.24, 2.45) is 0 Å². The minimum atomic E-state index is 0.0685. The third-order valence-corrected chi connectivity index (χ3v) is 6.72. The Morgan fingerprint density at radius 2 is 2.07 bits per heavy atom. The molecule has 0 unspecified atom stereocenters. The van der Waals surface area contributed by atoms with Crippen molar-refractivity contribution in [1.29, 1.82) is 0 Å². The lowest BCUT2D eigenvalue weighted by atomic mass is 10.0. The molecule has 4 nitrogen and oxygen atoms in total. The average molecular weight is 420 g/mol. The van der Waals surface area contributed by atoms with E-state index in [0.29, 0.717) is 23.8 Å². The smallest absolute Gasteiger partial charge is 0.231 e. The zero-order valence-corrected chi connectivity index (χ0v) is 17.1. The molecular formula is C23H18ClN3OS. The van der Waals surface area contributed by atoms with Crippen molar-refractivity contribution in [3.05, 3.63) is 76.3 Å². The van der Waals surface area contributed by atoms with Gasteiger partial charge in [-0.05, 0) is 52.8 Å². The molecule has 4 aromatic rings. The maximum atomic E-state index is 12.9. The van der Waals surface area contributed by atoms with Crippen LogP contribution < -0.4 is 10.6 Å². The van der Waals surface area contributed by atoms with Gasteiger partial charge in [-0.1, -0.05) is 35.9 Å². The Morgan fingerprint density at radius 1 is 1.21 bits per heavy atom. The van der Waals surface area contributed by atoms with E-state index in [2.05, 4.69) is 22.5 Å². The summed E-state index contributed by atoms with van der Waals surface area (Å²) in [5.41, 5.74) is 11.4. The molecule has 2 aromatic carbocycles. The van der Waals surface area contributed by atoms with Crippen LogP contribution in [0.5, 0.6) is 0 Å². The highest BCUT2D eigenvalue weighted by molar-refractivity contribution is 7.17. The molecule has 0 aliphatic carbocycles. The monoisotopic (exact) mass is 419 g/mol. The number of hydrogen-bond acceptors (Lipinski definition) is 4. The third kappa shape index (κ3) is 3.16.